The second-order valence-electron chi connectivity index (χ2n) is 3.91. The summed E-state index contributed by atoms with van der Waals surface area (Å²) in [5.74, 6) is 0.431. The van der Waals surface area contributed by atoms with E-state index in [0.29, 0.717) is 12.3 Å². The van der Waals surface area contributed by atoms with Crippen molar-refractivity contribution >= 4 is 6.29 Å². The van der Waals surface area contributed by atoms with E-state index in [-0.39, 0.29) is 5.92 Å². The third-order valence-electron chi connectivity index (χ3n) is 2.42. The molecule has 0 spiro atoms. The molecule has 0 aromatic heterocycles. The van der Waals surface area contributed by atoms with Crippen LogP contribution in [0.25, 0.3) is 0 Å². The van der Waals surface area contributed by atoms with Gasteiger partial charge in [-0.3, -0.25) is 0 Å². The van der Waals surface area contributed by atoms with Crippen molar-refractivity contribution < 1.29 is 9.18 Å². The van der Waals surface area contributed by atoms with E-state index >= 15 is 0 Å². The molecule has 64 valence electrons. The molecular formula is C9H15FO. The summed E-state index contributed by atoms with van der Waals surface area (Å²) >= 11 is 0. The van der Waals surface area contributed by atoms with E-state index in [2.05, 4.69) is 0 Å². The van der Waals surface area contributed by atoms with Crippen molar-refractivity contribution in [2.75, 3.05) is 0 Å². The molecular weight excluding hydrogens is 143 g/mol. The molecule has 0 bridgehead atoms. The summed E-state index contributed by atoms with van der Waals surface area (Å²) in [6, 6.07) is 0. The predicted octanol–water partition coefficient (Wildman–Crippen LogP) is 2.35. The van der Waals surface area contributed by atoms with E-state index < -0.39 is 5.67 Å². The average molecular weight is 158 g/mol. The van der Waals surface area contributed by atoms with Crippen LogP contribution in [-0.4, -0.2) is 12.0 Å². The fourth-order valence-corrected chi connectivity index (χ4v) is 1.64. The normalized spacial score (nSPS) is 21.4. The first-order chi connectivity index (χ1) is 5.05. The van der Waals surface area contributed by atoms with Gasteiger partial charge in [0, 0.05) is 12.3 Å². The molecule has 1 aliphatic rings. The van der Waals surface area contributed by atoms with Crippen LogP contribution < -0.4 is 0 Å². The number of halogens is 1. The third-order valence-corrected chi connectivity index (χ3v) is 2.42. The van der Waals surface area contributed by atoms with Crippen molar-refractivity contribution in [2.45, 2.75) is 38.8 Å². The predicted molar refractivity (Wildman–Crippen MR) is 42.1 cm³/mol. The first-order valence-electron chi connectivity index (χ1n) is 4.18. The zero-order valence-electron chi connectivity index (χ0n) is 7.14. The Kier molecular flexibility index (Phi) is 2.31. The second-order valence-corrected chi connectivity index (χ2v) is 3.91. The molecule has 1 atom stereocenters. The molecule has 0 aromatic carbocycles. The minimum atomic E-state index is -1.18. The molecule has 11 heavy (non-hydrogen) atoms. The maximum absolute atomic E-state index is 13.4. The van der Waals surface area contributed by atoms with Crippen molar-refractivity contribution in [1.82, 2.24) is 0 Å². The number of aldehydes is 1. The second kappa shape index (κ2) is 2.92. The van der Waals surface area contributed by atoms with Crippen molar-refractivity contribution in [1.29, 1.82) is 0 Å². The lowest BCUT2D eigenvalue weighted by Gasteiger charge is -2.24. The van der Waals surface area contributed by atoms with Gasteiger partial charge < -0.3 is 4.79 Å². The molecule has 0 N–H and O–H groups in total. The van der Waals surface area contributed by atoms with Crippen LogP contribution in [0, 0.1) is 11.8 Å². The monoisotopic (exact) mass is 158 g/mol. The Bertz CT molecular complexity index is 144. The molecule has 1 fully saturated rings. The standard InChI is InChI=1S/C9H15FO/c1-9(2,10)8(5-6-11)7-3-4-7/h6-8H,3-5H2,1-2H3. The van der Waals surface area contributed by atoms with Crippen LogP contribution in [-0.2, 0) is 4.79 Å². The van der Waals surface area contributed by atoms with Crippen LogP contribution in [0.4, 0.5) is 4.39 Å². The van der Waals surface area contributed by atoms with Crippen LogP contribution in [0.5, 0.6) is 0 Å². The Labute approximate surface area is 67.0 Å². The number of carbonyl (C=O) groups excluding carboxylic acids is 1. The van der Waals surface area contributed by atoms with Gasteiger partial charge in [-0.25, -0.2) is 4.39 Å². The number of carbonyl (C=O) groups is 1. The number of hydrogen-bond donors (Lipinski definition) is 0. The van der Waals surface area contributed by atoms with Crippen LogP contribution in [0.2, 0.25) is 0 Å². The van der Waals surface area contributed by atoms with Crippen molar-refractivity contribution in [3.63, 3.8) is 0 Å². The molecule has 0 radical (unpaired) electrons. The lowest BCUT2D eigenvalue weighted by molar-refractivity contribution is -0.110. The van der Waals surface area contributed by atoms with E-state index in [1.165, 1.54) is 0 Å². The van der Waals surface area contributed by atoms with Gasteiger partial charge in [0.05, 0.1) is 0 Å². The van der Waals surface area contributed by atoms with Crippen molar-refractivity contribution in [3.8, 4) is 0 Å². The molecule has 1 nitrogen and oxygen atoms in total. The SMILES string of the molecule is CC(C)(F)C(CC=O)C1CC1. The summed E-state index contributed by atoms with van der Waals surface area (Å²) in [6.07, 6.45) is 3.43. The molecule has 0 amide bonds. The maximum Gasteiger partial charge on any atom is 0.120 e. The lowest BCUT2D eigenvalue weighted by atomic mass is 9.86. The first kappa shape index (κ1) is 8.69. The fraction of sp³-hybridized carbons (Fsp3) is 0.889. The molecule has 0 aliphatic heterocycles. The van der Waals surface area contributed by atoms with Gasteiger partial charge in [-0.05, 0) is 32.6 Å². The Hall–Kier alpha value is -0.400. The van der Waals surface area contributed by atoms with E-state index in [9.17, 15) is 9.18 Å². The number of rotatable bonds is 4. The molecule has 2 heteroatoms. The van der Waals surface area contributed by atoms with Crippen LogP contribution >= 0.6 is 0 Å². The van der Waals surface area contributed by atoms with Gasteiger partial charge in [0.1, 0.15) is 12.0 Å². The topological polar surface area (TPSA) is 17.1 Å². The molecule has 0 saturated heterocycles. The van der Waals surface area contributed by atoms with E-state index in [0.717, 1.165) is 19.1 Å². The lowest BCUT2D eigenvalue weighted by Crippen LogP contribution is -2.27. The van der Waals surface area contributed by atoms with Crippen LogP contribution in [0.3, 0.4) is 0 Å². The summed E-state index contributed by atoms with van der Waals surface area (Å²) in [7, 11) is 0. The quantitative estimate of drug-likeness (QED) is 0.574. The highest BCUT2D eigenvalue weighted by molar-refractivity contribution is 5.50. The maximum atomic E-state index is 13.4. The van der Waals surface area contributed by atoms with Crippen LogP contribution in [0.15, 0.2) is 0 Å². The van der Waals surface area contributed by atoms with E-state index in [1.54, 1.807) is 13.8 Å². The zero-order chi connectivity index (χ0) is 8.48. The first-order valence-corrected chi connectivity index (χ1v) is 4.18. The van der Waals surface area contributed by atoms with Gasteiger partial charge in [-0.1, -0.05) is 0 Å². The van der Waals surface area contributed by atoms with Crippen molar-refractivity contribution in [3.05, 3.63) is 0 Å². The summed E-state index contributed by atoms with van der Waals surface area (Å²) in [5, 5.41) is 0. The third kappa shape index (κ3) is 2.28. The van der Waals surface area contributed by atoms with Gasteiger partial charge in [0.25, 0.3) is 0 Å². The molecule has 0 aromatic rings. The summed E-state index contributed by atoms with van der Waals surface area (Å²) in [5.41, 5.74) is -1.18. The minimum Gasteiger partial charge on any atom is -0.303 e. The molecule has 1 aliphatic carbocycles. The van der Waals surface area contributed by atoms with Gasteiger partial charge in [-0.2, -0.15) is 0 Å². The Morgan fingerprint density at radius 1 is 1.64 bits per heavy atom. The minimum absolute atomic E-state index is 0.0417. The number of hydrogen-bond acceptors (Lipinski definition) is 1. The highest BCUT2D eigenvalue weighted by Crippen LogP contribution is 2.44. The molecule has 1 rings (SSSR count). The highest BCUT2D eigenvalue weighted by Gasteiger charge is 2.40. The Morgan fingerprint density at radius 2 is 2.18 bits per heavy atom. The summed E-state index contributed by atoms with van der Waals surface area (Å²) < 4.78 is 13.4. The van der Waals surface area contributed by atoms with Gasteiger partial charge in [0.15, 0.2) is 0 Å². The highest BCUT2D eigenvalue weighted by atomic mass is 19.1. The number of alkyl halides is 1. The Balaban J connectivity index is 2.50. The molecule has 1 saturated carbocycles. The zero-order valence-corrected chi connectivity index (χ0v) is 7.14. The van der Waals surface area contributed by atoms with Crippen molar-refractivity contribution in [2.24, 2.45) is 11.8 Å². The molecule has 0 heterocycles. The fourth-order valence-electron chi connectivity index (χ4n) is 1.64. The Morgan fingerprint density at radius 3 is 2.45 bits per heavy atom. The van der Waals surface area contributed by atoms with Gasteiger partial charge in [-0.15, -0.1) is 0 Å². The summed E-state index contributed by atoms with van der Waals surface area (Å²) in [4.78, 5) is 10.2. The van der Waals surface area contributed by atoms with Gasteiger partial charge in [0.2, 0.25) is 0 Å². The van der Waals surface area contributed by atoms with Gasteiger partial charge >= 0.3 is 0 Å². The van der Waals surface area contributed by atoms with E-state index in [1.807, 2.05) is 0 Å². The summed E-state index contributed by atoms with van der Waals surface area (Å²) in [6.45, 7) is 3.14. The smallest absolute Gasteiger partial charge is 0.120 e. The van der Waals surface area contributed by atoms with E-state index in [4.69, 9.17) is 0 Å². The van der Waals surface area contributed by atoms with Crippen LogP contribution in [0.1, 0.15) is 33.1 Å². The average Bonchev–Trinajstić information content (AvgIpc) is 2.61. The molecule has 1 unspecified atom stereocenters. The largest absolute Gasteiger partial charge is 0.303 e.